The average Bonchev–Trinajstić information content (AvgIpc) is 2.12. The summed E-state index contributed by atoms with van der Waals surface area (Å²) in [6.07, 6.45) is 0.0822. The van der Waals surface area contributed by atoms with E-state index < -0.39 is 15.1 Å². The van der Waals surface area contributed by atoms with Gasteiger partial charge in [0.05, 0.1) is 11.0 Å². The van der Waals surface area contributed by atoms with Crippen molar-refractivity contribution in [1.29, 1.82) is 0 Å². The summed E-state index contributed by atoms with van der Waals surface area (Å²) in [6.45, 7) is 5.23. The van der Waals surface area contributed by atoms with Gasteiger partial charge >= 0.3 is 0 Å². The van der Waals surface area contributed by atoms with Gasteiger partial charge in [0.15, 0.2) is 9.84 Å². The molecule has 4 nitrogen and oxygen atoms in total. The summed E-state index contributed by atoms with van der Waals surface area (Å²) in [5, 5.41) is -0.413. The Morgan fingerprint density at radius 1 is 1.29 bits per heavy atom. The van der Waals surface area contributed by atoms with E-state index in [2.05, 4.69) is 0 Å². The molecule has 0 aromatic rings. The van der Waals surface area contributed by atoms with E-state index >= 15 is 0 Å². The molecule has 0 aromatic carbocycles. The minimum atomic E-state index is -3.10. The van der Waals surface area contributed by atoms with Crippen LogP contribution in [0.1, 0.15) is 27.2 Å². The predicted molar refractivity (Wildman–Crippen MR) is 56.8 cm³/mol. The molecule has 0 aliphatic carbocycles. The molecular formula is C9H19NO3S. The van der Waals surface area contributed by atoms with E-state index in [-0.39, 0.29) is 30.4 Å². The van der Waals surface area contributed by atoms with Crippen LogP contribution < -0.4 is 5.73 Å². The molecule has 0 fully saturated rings. The van der Waals surface area contributed by atoms with Crippen molar-refractivity contribution in [2.75, 3.05) is 12.3 Å². The fourth-order valence-corrected chi connectivity index (χ4v) is 1.81. The Morgan fingerprint density at radius 2 is 1.79 bits per heavy atom. The highest BCUT2D eigenvalue weighted by molar-refractivity contribution is 7.91. The maximum absolute atomic E-state index is 11.4. The van der Waals surface area contributed by atoms with Crippen LogP contribution in [0.25, 0.3) is 0 Å². The Hall–Kier alpha value is -0.420. The molecular weight excluding hydrogens is 202 g/mol. The minimum absolute atomic E-state index is 0.0617. The molecule has 84 valence electrons. The van der Waals surface area contributed by atoms with Gasteiger partial charge in [-0.3, -0.25) is 4.79 Å². The first-order valence-electron chi connectivity index (χ1n) is 4.75. The van der Waals surface area contributed by atoms with Crippen molar-refractivity contribution >= 4 is 15.6 Å². The van der Waals surface area contributed by atoms with E-state index in [0.29, 0.717) is 0 Å². The normalized spacial score (nSPS) is 14.4. The van der Waals surface area contributed by atoms with E-state index in [9.17, 15) is 13.2 Å². The molecule has 0 aromatic heterocycles. The molecule has 1 unspecified atom stereocenters. The molecule has 5 heteroatoms. The van der Waals surface area contributed by atoms with Crippen LogP contribution in [-0.4, -0.2) is 31.7 Å². The van der Waals surface area contributed by atoms with Crippen LogP contribution in [0.2, 0.25) is 0 Å². The first kappa shape index (κ1) is 13.6. The third-order valence-electron chi connectivity index (χ3n) is 2.25. The second-order valence-electron chi connectivity index (χ2n) is 3.77. The third kappa shape index (κ3) is 4.19. The van der Waals surface area contributed by atoms with Crippen molar-refractivity contribution in [1.82, 2.24) is 0 Å². The Bertz CT molecular complexity index is 282. The summed E-state index contributed by atoms with van der Waals surface area (Å²) < 4.78 is 22.7. The molecule has 0 radical (unpaired) electrons. The smallest absolute Gasteiger partial charge is 0.153 e. The molecule has 0 aliphatic heterocycles. The number of nitrogens with two attached hydrogens (primary N) is 1. The molecule has 1 atom stereocenters. The highest BCUT2D eigenvalue weighted by atomic mass is 32.2. The molecule has 0 amide bonds. The number of rotatable bonds is 6. The summed E-state index contributed by atoms with van der Waals surface area (Å²) in [7, 11) is -3.10. The van der Waals surface area contributed by atoms with E-state index in [1.807, 2.05) is 0 Å². The summed E-state index contributed by atoms with van der Waals surface area (Å²) in [5.41, 5.74) is 5.30. The van der Waals surface area contributed by atoms with Crippen LogP contribution in [0.15, 0.2) is 0 Å². The first-order chi connectivity index (χ1) is 6.31. The number of carbonyl (C=O) groups is 1. The monoisotopic (exact) mass is 221 g/mol. The number of sulfone groups is 1. The lowest BCUT2D eigenvalue weighted by Crippen LogP contribution is -2.25. The van der Waals surface area contributed by atoms with E-state index in [1.165, 1.54) is 0 Å². The van der Waals surface area contributed by atoms with Crippen molar-refractivity contribution in [3.63, 3.8) is 0 Å². The summed E-state index contributed by atoms with van der Waals surface area (Å²) in [4.78, 5) is 11.3. The molecule has 0 aliphatic rings. The Kier molecular flexibility index (Phi) is 5.29. The second-order valence-corrected chi connectivity index (χ2v) is 6.45. The van der Waals surface area contributed by atoms with Crippen molar-refractivity contribution in [3.05, 3.63) is 0 Å². The number of ketones is 1. The van der Waals surface area contributed by atoms with Gasteiger partial charge in [-0.2, -0.15) is 0 Å². The van der Waals surface area contributed by atoms with Crippen molar-refractivity contribution in [3.8, 4) is 0 Å². The van der Waals surface area contributed by atoms with Gasteiger partial charge in [-0.25, -0.2) is 8.42 Å². The molecule has 0 rings (SSSR count). The maximum Gasteiger partial charge on any atom is 0.153 e. The molecule has 14 heavy (non-hydrogen) atoms. The van der Waals surface area contributed by atoms with Gasteiger partial charge in [0, 0.05) is 18.9 Å². The first-order valence-corrected chi connectivity index (χ1v) is 6.47. The lowest BCUT2D eigenvalue weighted by molar-refractivity contribution is -0.121. The molecule has 2 N–H and O–H groups in total. The highest BCUT2D eigenvalue weighted by Gasteiger charge is 2.19. The molecule has 0 saturated carbocycles. The van der Waals surface area contributed by atoms with Gasteiger partial charge in [-0.1, -0.05) is 6.92 Å². The quantitative estimate of drug-likeness (QED) is 0.702. The highest BCUT2D eigenvalue weighted by Crippen LogP contribution is 2.06. The van der Waals surface area contributed by atoms with Gasteiger partial charge in [0.2, 0.25) is 0 Å². The predicted octanol–water partition coefficient (Wildman–Crippen LogP) is 0.364. The lowest BCUT2D eigenvalue weighted by Gasteiger charge is -2.09. The van der Waals surface area contributed by atoms with Gasteiger partial charge in [-0.05, 0) is 13.8 Å². The molecule has 0 heterocycles. The number of Topliss-reactive ketones (excluding diaryl/α,β-unsaturated/α-hetero) is 1. The van der Waals surface area contributed by atoms with Crippen LogP contribution in [-0.2, 0) is 14.6 Å². The molecule has 0 saturated heterocycles. The zero-order chi connectivity index (χ0) is 11.4. The Balaban J connectivity index is 4.14. The molecule has 0 spiro atoms. The second kappa shape index (κ2) is 5.46. The summed E-state index contributed by atoms with van der Waals surface area (Å²) in [5.74, 6) is -0.373. The Morgan fingerprint density at radius 3 is 2.14 bits per heavy atom. The largest absolute Gasteiger partial charge is 0.330 e. The van der Waals surface area contributed by atoms with Crippen molar-refractivity contribution < 1.29 is 13.2 Å². The van der Waals surface area contributed by atoms with Gasteiger partial charge in [0.25, 0.3) is 0 Å². The third-order valence-corrected chi connectivity index (χ3v) is 4.46. The molecule has 0 bridgehead atoms. The SMILES string of the molecule is CC(CN)C(=O)CCS(=O)(=O)C(C)C. The topological polar surface area (TPSA) is 77.2 Å². The average molecular weight is 221 g/mol. The van der Waals surface area contributed by atoms with Crippen LogP contribution >= 0.6 is 0 Å². The Labute approximate surface area is 85.8 Å². The zero-order valence-electron chi connectivity index (χ0n) is 8.99. The maximum atomic E-state index is 11.4. The number of hydrogen-bond acceptors (Lipinski definition) is 4. The van der Waals surface area contributed by atoms with E-state index in [0.717, 1.165) is 0 Å². The number of carbonyl (C=O) groups excluding carboxylic acids is 1. The minimum Gasteiger partial charge on any atom is -0.330 e. The lowest BCUT2D eigenvalue weighted by atomic mass is 10.1. The van der Waals surface area contributed by atoms with E-state index in [1.54, 1.807) is 20.8 Å². The van der Waals surface area contributed by atoms with Gasteiger partial charge in [0.1, 0.15) is 5.78 Å². The van der Waals surface area contributed by atoms with Crippen molar-refractivity contribution in [2.45, 2.75) is 32.4 Å². The fourth-order valence-electron chi connectivity index (χ4n) is 0.856. The van der Waals surface area contributed by atoms with Crippen LogP contribution in [0.3, 0.4) is 0 Å². The summed E-state index contributed by atoms with van der Waals surface area (Å²) >= 11 is 0. The standard InChI is InChI=1S/C9H19NO3S/c1-7(2)14(12,13)5-4-9(11)8(3)6-10/h7-8H,4-6,10H2,1-3H3. The van der Waals surface area contributed by atoms with Gasteiger partial charge < -0.3 is 5.73 Å². The number of hydrogen-bond donors (Lipinski definition) is 1. The fraction of sp³-hybridized carbons (Fsp3) is 0.889. The zero-order valence-corrected chi connectivity index (χ0v) is 9.80. The summed E-state index contributed by atoms with van der Waals surface area (Å²) in [6, 6.07) is 0. The van der Waals surface area contributed by atoms with Crippen LogP contribution in [0.5, 0.6) is 0 Å². The van der Waals surface area contributed by atoms with Crippen LogP contribution in [0.4, 0.5) is 0 Å². The van der Waals surface area contributed by atoms with E-state index in [4.69, 9.17) is 5.73 Å². The van der Waals surface area contributed by atoms with Crippen molar-refractivity contribution in [2.24, 2.45) is 11.7 Å². The van der Waals surface area contributed by atoms with Gasteiger partial charge in [-0.15, -0.1) is 0 Å². The van der Waals surface area contributed by atoms with Crippen LogP contribution in [0, 0.1) is 5.92 Å².